The van der Waals surface area contributed by atoms with Gasteiger partial charge >= 0.3 is 0 Å². The summed E-state index contributed by atoms with van der Waals surface area (Å²) in [6.07, 6.45) is 6.58. The van der Waals surface area contributed by atoms with E-state index < -0.39 is 0 Å². The number of hydrogen-bond acceptors (Lipinski definition) is 2. The number of aliphatic hydroxyl groups excluding tert-OH is 1. The van der Waals surface area contributed by atoms with E-state index >= 15 is 0 Å². The number of hydrogen-bond donors (Lipinski definition) is 2. The Kier molecular flexibility index (Phi) is 10.0. The largest absolute Gasteiger partial charge is 0.393 e. The third kappa shape index (κ3) is 7.24. The standard InChI is InChI=1S/C14H31NO/c1-5-9-12(4)14(7-3)15-11-8-10-13(16)6-2/h12-16H,5-11H2,1-4H3. The van der Waals surface area contributed by atoms with Crippen molar-refractivity contribution in [2.24, 2.45) is 5.92 Å². The molecule has 3 atom stereocenters. The average Bonchev–Trinajstić information content (AvgIpc) is 2.29. The molecule has 0 aromatic heterocycles. The summed E-state index contributed by atoms with van der Waals surface area (Å²) in [5.41, 5.74) is 0. The fraction of sp³-hybridized carbons (Fsp3) is 1.00. The summed E-state index contributed by atoms with van der Waals surface area (Å²) < 4.78 is 0. The summed E-state index contributed by atoms with van der Waals surface area (Å²) in [6.45, 7) is 9.93. The van der Waals surface area contributed by atoms with Gasteiger partial charge < -0.3 is 10.4 Å². The van der Waals surface area contributed by atoms with Gasteiger partial charge in [0, 0.05) is 6.04 Å². The third-order valence-electron chi connectivity index (χ3n) is 3.46. The summed E-state index contributed by atoms with van der Waals surface area (Å²) in [6, 6.07) is 0.652. The van der Waals surface area contributed by atoms with Gasteiger partial charge in [0.05, 0.1) is 6.10 Å². The Hall–Kier alpha value is -0.0800. The van der Waals surface area contributed by atoms with E-state index in [9.17, 15) is 5.11 Å². The topological polar surface area (TPSA) is 32.3 Å². The molecule has 2 heteroatoms. The molecule has 0 aromatic carbocycles. The Morgan fingerprint density at radius 3 is 2.25 bits per heavy atom. The number of rotatable bonds is 10. The molecule has 0 aromatic rings. The highest BCUT2D eigenvalue weighted by molar-refractivity contribution is 4.71. The van der Waals surface area contributed by atoms with Crippen LogP contribution in [0.4, 0.5) is 0 Å². The predicted octanol–water partition coefficient (Wildman–Crippen LogP) is 3.34. The van der Waals surface area contributed by atoms with E-state index in [1.54, 1.807) is 0 Å². The first-order chi connectivity index (χ1) is 7.65. The first kappa shape index (κ1) is 15.9. The van der Waals surface area contributed by atoms with E-state index in [0.717, 1.165) is 31.7 Å². The van der Waals surface area contributed by atoms with Crippen molar-refractivity contribution in [2.45, 2.75) is 78.4 Å². The lowest BCUT2D eigenvalue weighted by Crippen LogP contribution is -2.35. The van der Waals surface area contributed by atoms with E-state index in [2.05, 4.69) is 26.1 Å². The maximum atomic E-state index is 9.45. The molecule has 0 spiro atoms. The fourth-order valence-corrected chi connectivity index (χ4v) is 2.23. The zero-order valence-electron chi connectivity index (χ0n) is 11.6. The van der Waals surface area contributed by atoms with Crippen LogP contribution in [0.2, 0.25) is 0 Å². The molecule has 0 radical (unpaired) electrons. The van der Waals surface area contributed by atoms with Gasteiger partial charge in [0.1, 0.15) is 0 Å². The Balaban J connectivity index is 3.62. The summed E-state index contributed by atoms with van der Waals surface area (Å²) in [7, 11) is 0. The minimum atomic E-state index is -0.102. The fourth-order valence-electron chi connectivity index (χ4n) is 2.23. The van der Waals surface area contributed by atoms with Crippen LogP contribution in [0, 0.1) is 5.92 Å². The Morgan fingerprint density at radius 1 is 1.06 bits per heavy atom. The van der Waals surface area contributed by atoms with Crippen LogP contribution in [-0.4, -0.2) is 23.8 Å². The van der Waals surface area contributed by atoms with Crippen molar-refractivity contribution in [3.05, 3.63) is 0 Å². The van der Waals surface area contributed by atoms with E-state index in [-0.39, 0.29) is 6.10 Å². The molecule has 0 aliphatic heterocycles. The lowest BCUT2D eigenvalue weighted by Gasteiger charge is -2.24. The van der Waals surface area contributed by atoms with Crippen LogP contribution >= 0.6 is 0 Å². The Labute approximate surface area is 102 Å². The van der Waals surface area contributed by atoms with Crippen molar-refractivity contribution < 1.29 is 5.11 Å². The van der Waals surface area contributed by atoms with Crippen molar-refractivity contribution in [1.82, 2.24) is 5.32 Å². The SMILES string of the molecule is CCCC(C)C(CC)NCCCC(O)CC. The van der Waals surface area contributed by atoms with Crippen LogP contribution in [0.3, 0.4) is 0 Å². The summed E-state index contributed by atoms with van der Waals surface area (Å²) in [5.74, 6) is 0.770. The Bertz CT molecular complexity index is 150. The van der Waals surface area contributed by atoms with Gasteiger partial charge in [-0.05, 0) is 44.6 Å². The van der Waals surface area contributed by atoms with Crippen LogP contribution in [0.25, 0.3) is 0 Å². The van der Waals surface area contributed by atoms with Crippen molar-refractivity contribution in [1.29, 1.82) is 0 Å². The van der Waals surface area contributed by atoms with E-state index in [0.29, 0.717) is 6.04 Å². The first-order valence-corrected chi connectivity index (χ1v) is 7.07. The maximum Gasteiger partial charge on any atom is 0.0538 e. The van der Waals surface area contributed by atoms with Gasteiger partial charge in [0.25, 0.3) is 0 Å². The van der Waals surface area contributed by atoms with Gasteiger partial charge in [-0.3, -0.25) is 0 Å². The number of nitrogens with one attached hydrogen (secondary N) is 1. The average molecular weight is 229 g/mol. The molecule has 2 N–H and O–H groups in total. The van der Waals surface area contributed by atoms with Crippen LogP contribution < -0.4 is 5.32 Å². The smallest absolute Gasteiger partial charge is 0.0538 e. The molecular weight excluding hydrogens is 198 g/mol. The van der Waals surface area contributed by atoms with E-state index in [1.807, 2.05) is 6.92 Å². The zero-order valence-corrected chi connectivity index (χ0v) is 11.6. The quantitative estimate of drug-likeness (QED) is 0.563. The molecule has 0 aliphatic rings. The molecular formula is C14H31NO. The third-order valence-corrected chi connectivity index (χ3v) is 3.46. The van der Waals surface area contributed by atoms with Crippen molar-refractivity contribution in [3.63, 3.8) is 0 Å². The molecule has 0 saturated heterocycles. The van der Waals surface area contributed by atoms with Gasteiger partial charge in [-0.25, -0.2) is 0 Å². The van der Waals surface area contributed by atoms with Crippen LogP contribution in [0.15, 0.2) is 0 Å². The molecule has 0 amide bonds. The number of aliphatic hydroxyl groups is 1. The second kappa shape index (κ2) is 10.1. The molecule has 0 fully saturated rings. The van der Waals surface area contributed by atoms with Crippen LogP contribution in [0.1, 0.15) is 66.2 Å². The van der Waals surface area contributed by atoms with E-state index in [4.69, 9.17) is 0 Å². The minimum absolute atomic E-state index is 0.102. The summed E-state index contributed by atoms with van der Waals surface area (Å²) >= 11 is 0. The monoisotopic (exact) mass is 229 g/mol. The lowest BCUT2D eigenvalue weighted by molar-refractivity contribution is 0.156. The van der Waals surface area contributed by atoms with Gasteiger partial charge in [-0.1, -0.05) is 34.1 Å². The second-order valence-corrected chi connectivity index (χ2v) is 4.94. The van der Waals surface area contributed by atoms with Gasteiger partial charge in [-0.2, -0.15) is 0 Å². The van der Waals surface area contributed by atoms with Crippen LogP contribution in [0.5, 0.6) is 0 Å². The highest BCUT2D eigenvalue weighted by Gasteiger charge is 2.13. The molecule has 0 bridgehead atoms. The zero-order chi connectivity index (χ0) is 12.4. The normalized spacial score (nSPS) is 17.1. The highest BCUT2D eigenvalue weighted by Crippen LogP contribution is 2.13. The maximum absolute atomic E-state index is 9.45. The molecule has 0 heterocycles. The lowest BCUT2D eigenvalue weighted by atomic mass is 9.95. The van der Waals surface area contributed by atoms with Crippen molar-refractivity contribution in [3.8, 4) is 0 Å². The van der Waals surface area contributed by atoms with Gasteiger partial charge in [0.15, 0.2) is 0 Å². The van der Waals surface area contributed by atoms with E-state index in [1.165, 1.54) is 19.3 Å². The summed E-state index contributed by atoms with van der Waals surface area (Å²) in [4.78, 5) is 0. The predicted molar refractivity (Wildman–Crippen MR) is 71.7 cm³/mol. The molecule has 0 aliphatic carbocycles. The van der Waals surface area contributed by atoms with Gasteiger partial charge in [0.2, 0.25) is 0 Å². The minimum Gasteiger partial charge on any atom is -0.393 e. The second-order valence-electron chi connectivity index (χ2n) is 4.94. The molecule has 16 heavy (non-hydrogen) atoms. The van der Waals surface area contributed by atoms with Gasteiger partial charge in [-0.15, -0.1) is 0 Å². The van der Waals surface area contributed by atoms with Crippen LogP contribution in [-0.2, 0) is 0 Å². The van der Waals surface area contributed by atoms with Crippen molar-refractivity contribution in [2.75, 3.05) is 6.54 Å². The molecule has 2 nitrogen and oxygen atoms in total. The summed E-state index contributed by atoms with van der Waals surface area (Å²) in [5, 5.41) is 13.1. The highest BCUT2D eigenvalue weighted by atomic mass is 16.3. The molecule has 0 saturated carbocycles. The molecule has 98 valence electrons. The first-order valence-electron chi connectivity index (χ1n) is 7.07. The molecule has 3 unspecified atom stereocenters. The Morgan fingerprint density at radius 2 is 1.75 bits per heavy atom. The van der Waals surface area contributed by atoms with Crippen molar-refractivity contribution >= 4 is 0 Å². The molecule has 0 rings (SSSR count).